The van der Waals surface area contributed by atoms with Gasteiger partial charge in [-0.1, -0.05) is 6.42 Å². The molecule has 2 saturated heterocycles. The first-order valence-electron chi connectivity index (χ1n) is 10.3. The minimum Gasteiger partial charge on any atom is -0.369 e. The number of hydrogen-bond donors (Lipinski definition) is 4. The number of hydrogen-bond acceptors (Lipinski definition) is 5. The molecule has 5 N–H and O–H groups in total. The second-order valence-corrected chi connectivity index (χ2v) is 8.61. The number of nitrogens with two attached hydrogens (primary N) is 1. The molecule has 3 rings (SSSR count). The lowest BCUT2D eigenvalue weighted by atomic mass is 9.80. The van der Waals surface area contributed by atoms with Crippen LogP contribution in [0.4, 0.5) is 0 Å². The molecule has 0 aromatic rings. The van der Waals surface area contributed by atoms with E-state index in [0.717, 1.165) is 32.4 Å². The van der Waals surface area contributed by atoms with Gasteiger partial charge in [0.1, 0.15) is 0 Å². The lowest BCUT2D eigenvalue weighted by Gasteiger charge is -2.35. The third-order valence-corrected chi connectivity index (χ3v) is 6.40. The van der Waals surface area contributed by atoms with Crippen molar-refractivity contribution in [1.82, 2.24) is 21.1 Å². The molecule has 6 unspecified atom stereocenters. The van der Waals surface area contributed by atoms with Crippen LogP contribution in [0.5, 0.6) is 0 Å². The van der Waals surface area contributed by atoms with Crippen LogP contribution < -0.4 is 21.8 Å². The van der Waals surface area contributed by atoms with Gasteiger partial charge in [0.2, 0.25) is 11.8 Å². The standard InChI is InChI=1S/C19H35N5O2/c1-12-8-13(2)24(23-12)11-14-4-3-5-15(9-14)19(26)22-17-10-21-7-6-16(17)18(20)25/h12-17,21,23H,3-11H2,1-2H3,(H2,20,25)(H,22,26). The van der Waals surface area contributed by atoms with Crippen LogP contribution in [0, 0.1) is 17.8 Å². The van der Waals surface area contributed by atoms with Crippen molar-refractivity contribution < 1.29 is 9.59 Å². The van der Waals surface area contributed by atoms with Gasteiger partial charge in [-0.25, -0.2) is 5.01 Å². The molecular weight excluding hydrogens is 330 g/mol. The molecule has 3 aliphatic rings. The highest BCUT2D eigenvalue weighted by atomic mass is 16.2. The zero-order chi connectivity index (χ0) is 18.7. The Morgan fingerprint density at radius 1 is 1.19 bits per heavy atom. The lowest BCUT2D eigenvalue weighted by molar-refractivity contribution is -0.129. The van der Waals surface area contributed by atoms with E-state index in [9.17, 15) is 9.59 Å². The Bertz CT molecular complexity index is 514. The Kier molecular flexibility index (Phi) is 6.53. The van der Waals surface area contributed by atoms with Crippen LogP contribution >= 0.6 is 0 Å². The molecule has 0 radical (unpaired) electrons. The van der Waals surface area contributed by atoms with Gasteiger partial charge < -0.3 is 16.4 Å². The minimum atomic E-state index is -0.304. The van der Waals surface area contributed by atoms with Crippen LogP contribution in [0.2, 0.25) is 0 Å². The molecule has 0 aromatic carbocycles. The van der Waals surface area contributed by atoms with Gasteiger partial charge in [0, 0.05) is 31.1 Å². The van der Waals surface area contributed by atoms with E-state index >= 15 is 0 Å². The van der Waals surface area contributed by atoms with E-state index < -0.39 is 0 Å². The molecule has 2 aliphatic heterocycles. The number of hydrazine groups is 1. The van der Waals surface area contributed by atoms with Gasteiger partial charge >= 0.3 is 0 Å². The van der Waals surface area contributed by atoms with E-state index in [2.05, 4.69) is 34.9 Å². The smallest absolute Gasteiger partial charge is 0.223 e. The molecule has 6 atom stereocenters. The highest BCUT2D eigenvalue weighted by Crippen LogP contribution is 2.31. The Morgan fingerprint density at radius 2 is 2.00 bits per heavy atom. The SMILES string of the molecule is CC1CC(C)N(CC2CCCC(C(=O)NC3CNCCC3C(N)=O)C2)N1. The van der Waals surface area contributed by atoms with Crippen molar-refractivity contribution in [2.75, 3.05) is 19.6 Å². The highest BCUT2D eigenvalue weighted by Gasteiger charge is 2.35. The molecule has 0 aromatic heterocycles. The topological polar surface area (TPSA) is 99.5 Å². The summed E-state index contributed by atoms with van der Waals surface area (Å²) < 4.78 is 0. The molecule has 2 heterocycles. The average Bonchev–Trinajstić information content (AvgIpc) is 2.92. The summed E-state index contributed by atoms with van der Waals surface area (Å²) in [6.07, 6.45) is 6.06. The number of primary amides is 1. The number of nitrogens with one attached hydrogen (secondary N) is 3. The Hall–Kier alpha value is -1.18. The first-order chi connectivity index (χ1) is 12.4. The van der Waals surface area contributed by atoms with Crippen molar-refractivity contribution in [2.24, 2.45) is 23.5 Å². The predicted molar refractivity (Wildman–Crippen MR) is 101 cm³/mol. The summed E-state index contributed by atoms with van der Waals surface area (Å²) >= 11 is 0. The summed E-state index contributed by atoms with van der Waals surface area (Å²) in [5.41, 5.74) is 9.07. The van der Waals surface area contributed by atoms with Crippen LogP contribution in [-0.4, -0.2) is 54.6 Å². The van der Waals surface area contributed by atoms with Gasteiger partial charge in [0.25, 0.3) is 0 Å². The predicted octanol–water partition coefficient (Wildman–Crippen LogP) is 0.360. The van der Waals surface area contributed by atoms with E-state index in [0.29, 0.717) is 31.0 Å². The molecule has 2 amide bonds. The number of amides is 2. The third-order valence-electron chi connectivity index (χ3n) is 6.40. The lowest BCUT2D eigenvalue weighted by Crippen LogP contribution is -2.56. The maximum atomic E-state index is 12.8. The fraction of sp³-hybridized carbons (Fsp3) is 0.895. The van der Waals surface area contributed by atoms with Gasteiger partial charge in [-0.2, -0.15) is 0 Å². The van der Waals surface area contributed by atoms with Crippen molar-refractivity contribution in [3.63, 3.8) is 0 Å². The van der Waals surface area contributed by atoms with Crippen molar-refractivity contribution in [2.45, 2.75) is 70.5 Å². The molecule has 1 aliphatic carbocycles. The number of carbonyl (C=O) groups is 2. The normalized spacial score (nSPS) is 38.8. The second kappa shape index (κ2) is 8.67. The quantitative estimate of drug-likeness (QED) is 0.564. The fourth-order valence-electron chi connectivity index (χ4n) is 4.96. The van der Waals surface area contributed by atoms with Crippen molar-refractivity contribution in [3.8, 4) is 0 Å². The molecule has 0 bridgehead atoms. The maximum Gasteiger partial charge on any atom is 0.223 e. The van der Waals surface area contributed by atoms with Crippen LogP contribution in [-0.2, 0) is 9.59 Å². The fourth-order valence-corrected chi connectivity index (χ4v) is 4.96. The van der Waals surface area contributed by atoms with Gasteiger partial charge in [0.05, 0.1) is 12.0 Å². The zero-order valence-corrected chi connectivity index (χ0v) is 16.2. The zero-order valence-electron chi connectivity index (χ0n) is 16.2. The van der Waals surface area contributed by atoms with Gasteiger partial charge in [-0.3, -0.25) is 15.0 Å². The monoisotopic (exact) mass is 365 g/mol. The van der Waals surface area contributed by atoms with E-state index in [1.807, 2.05) is 0 Å². The van der Waals surface area contributed by atoms with E-state index in [1.165, 1.54) is 12.8 Å². The van der Waals surface area contributed by atoms with Crippen LogP contribution in [0.25, 0.3) is 0 Å². The van der Waals surface area contributed by atoms with Crippen LogP contribution in [0.3, 0.4) is 0 Å². The molecule has 3 fully saturated rings. The largest absolute Gasteiger partial charge is 0.369 e. The molecule has 26 heavy (non-hydrogen) atoms. The number of carbonyl (C=O) groups excluding carboxylic acids is 2. The Labute approximate surface area is 156 Å². The molecule has 148 valence electrons. The maximum absolute atomic E-state index is 12.8. The number of rotatable bonds is 5. The van der Waals surface area contributed by atoms with Gasteiger partial charge in [-0.05, 0) is 58.4 Å². The van der Waals surface area contributed by atoms with E-state index in [1.54, 1.807) is 0 Å². The highest BCUT2D eigenvalue weighted by molar-refractivity contribution is 5.82. The molecular formula is C19H35N5O2. The molecule has 1 saturated carbocycles. The Morgan fingerprint density at radius 3 is 2.69 bits per heavy atom. The summed E-state index contributed by atoms with van der Waals surface area (Å²) in [5, 5.41) is 8.74. The third kappa shape index (κ3) is 4.75. The van der Waals surface area contributed by atoms with E-state index in [4.69, 9.17) is 5.73 Å². The van der Waals surface area contributed by atoms with Crippen molar-refractivity contribution in [1.29, 1.82) is 0 Å². The summed E-state index contributed by atoms with van der Waals surface area (Å²) in [6.45, 7) is 6.92. The summed E-state index contributed by atoms with van der Waals surface area (Å²) in [5.74, 6) is 0.151. The number of piperidine rings is 1. The first kappa shape index (κ1) is 19.6. The number of nitrogens with zero attached hydrogens (tertiary/aromatic N) is 1. The second-order valence-electron chi connectivity index (χ2n) is 8.61. The van der Waals surface area contributed by atoms with Crippen molar-refractivity contribution >= 4 is 11.8 Å². The average molecular weight is 366 g/mol. The Balaban J connectivity index is 1.52. The summed E-state index contributed by atoms with van der Waals surface area (Å²) in [7, 11) is 0. The molecule has 7 nitrogen and oxygen atoms in total. The molecule has 0 spiro atoms. The van der Waals surface area contributed by atoms with E-state index in [-0.39, 0.29) is 29.7 Å². The summed E-state index contributed by atoms with van der Waals surface area (Å²) in [6, 6.07) is 0.927. The minimum absolute atomic E-state index is 0.0551. The molecule has 7 heteroatoms. The van der Waals surface area contributed by atoms with Gasteiger partial charge in [0.15, 0.2) is 0 Å². The van der Waals surface area contributed by atoms with Crippen LogP contribution in [0.15, 0.2) is 0 Å². The summed E-state index contributed by atoms with van der Waals surface area (Å²) in [4.78, 5) is 24.5. The first-order valence-corrected chi connectivity index (χ1v) is 10.3. The van der Waals surface area contributed by atoms with Gasteiger partial charge in [-0.15, -0.1) is 0 Å². The van der Waals surface area contributed by atoms with Crippen molar-refractivity contribution in [3.05, 3.63) is 0 Å². The van der Waals surface area contributed by atoms with Crippen LogP contribution in [0.1, 0.15) is 52.4 Å².